The van der Waals surface area contributed by atoms with Gasteiger partial charge in [0.2, 0.25) is 11.0 Å². The van der Waals surface area contributed by atoms with Crippen molar-refractivity contribution in [3.05, 3.63) is 93.1 Å². The number of hydrogen-bond acceptors (Lipinski definition) is 13. The third kappa shape index (κ3) is 10.7. The number of nitrogens with zero attached hydrogens (tertiary/aromatic N) is 3. The van der Waals surface area contributed by atoms with Crippen LogP contribution in [0, 0.1) is 0 Å². The van der Waals surface area contributed by atoms with Gasteiger partial charge in [-0.25, -0.2) is 19.4 Å². The normalized spacial score (nSPS) is 18.6. The molecule has 1 saturated heterocycles. The van der Waals surface area contributed by atoms with E-state index in [4.69, 9.17) is 30.6 Å². The number of nitrogens with one attached hydrogen (secondary N) is 2. The Morgan fingerprint density at radius 2 is 1.55 bits per heavy atom. The first-order valence-corrected chi connectivity index (χ1v) is 22.0. The lowest BCUT2D eigenvalue weighted by Gasteiger charge is -2.49. The lowest BCUT2D eigenvalue weighted by molar-refractivity contribution is -0.179. The fourth-order valence-electron chi connectivity index (χ4n) is 5.58. The number of amides is 3. The highest BCUT2D eigenvalue weighted by Crippen LogP contribution is 2.39. The second kappa shape index (κ2) is 17.9. The van der Waals surface area contributed by atoms with Gasteiger partial charge in [-0.2, -0.15) is 0 Å². The van der Waals surface area contributed by atoms with Crippen LogP contribution in [0.2, 0.25) is 4.34 Å². The van der Waals surface area contributed by atoms with Gasteiger partial charge in [0, 0.05) is 10.0 Å². The number of benzene rings is 2. The highest BCUT2D eigenvalue weighted by atomic mass is 127. The molecular formula is C39H43ClIN5O10S2. The van der Waals surface area contributed by atoms with E-state index in [2.05, 4.69) is 20.8 Å². The van der Waals surface area contributed by atoms with E-state index in [-0.39, 0.29) is 31.0 Å². The van der Waals surface area contributed by atoms with Crippen LogP contribution in [0.25, 0.3) is 0 Å². The number of alkyl halides is 1. The molecule has 3 amide bonds. The number of anilines is 1. The van der Waals surface area contributed by atoms with E-state index in [1.54, 1.807) is 41.5 Å². The maximum atomic E-state index is 14.1. The van der Waals surface area contributed by atoms with Gasteiger partial charge in [0.15, 0.2) is 23.0 Å². The monoisotopic (exact) mass is 967 g/mol. The summed E-state index contributed by atoms with van der Waals surface area (Å²) in [5.74, 6) is -3.46. The Morgan fingerprint density at radius 1 is 0.983 bits per heavy atom. The minimum atomic E-state index is -1.77. The highest BCUT2D eigenvalue weighted by molar-refractivity contribution is 14.1. The summed E-state index contributed by atoms with van der Waals surface area (Å²) in [5, 5.41) is 7.77. The van der Waals surface area contributed by atoms with Crippen LogP contribution in [0.1, 0.15) is 78.3 Å². The number of fused-ring (bicyclic) bond motifs is 1. The van der Waals surface area contributed by atoms with Gasteiger partial charge < -0.3 is 28.9 Å². The summed E-state index contributed by atoms with van der Waals surface area (Å²) in [4.78, 5) is 78.7. The van der Waals surface area contributed by atoms with E-state index in [9.17, 15) is 28.5 Å². The summed E-state index contributed by atoms with van der Waals surface area (Å²) in [5.41, 5.74) is -2.52. The van der Waals surface area contributed by atoms with E-state index in [0.29, 0.717) is 16.7 Å². The van der Waals surface area contributed by atoms with E-state index in [0.717, 1.165) is 16.2 Å². The molecule has 1 fully saturated rings. The molecule has 310 valence electrons. The topological polar surface area (TPSA) is 198 Å². The molecule has 2 N–H and O–H groups in total. The molecule has 3 atom stereocenters. The SMILES string of the molecule is CC(C)(C)OC(=O)Nc1nc(/C(=N/OC(C)(C)C(=O)OC(C)(C)C)C(=O)N[C@@H]2C(=O)N3C(C(=O)OC(c4ccccc4)c4ccccc4)=C(CI)C[S+]([O-])[C@H]23)c(Cl)s1. The zero-order valence-corrected chi connectivity index (χ0v) is 37.5. The molecule has 0 bridgehead atoms. The van der Waals surface area contributed by atoms with Crippen molar-refractivity contribution in [3.63, 3.8) is 0 Å². The van der Waals surface area contributed by atoms with Gasteiger partial charge in [-0.05, 0) is 77.7 Å². The molecule has 0 saturated carbocycles. The maximum absolute atomic E-state index is 14.1. The van der Waals surface area contributed by atoms with Gasteiger partial charge in [-0.3, -0.25) is 19.8 Å². The van der Waals surface area contributed by atoms with Crippen molar-refractivity contribution in [1.29, 1.82) is 0 Å². The van der Waals surface area contributed by atoms with Crippen molar-refractivity contribution >= 4 is 97.4 Å². The van der Waals surface area contributed by atoms with Crippen LogP contribution in [-0.2, 0) is 49.4 Å². The number of thiazole rings is 1. The molecule has 19 heteroatoms. The smallest absolute Gasteiger partial charge is 0.413 e. The van der Waals surface area contributed by atoms with Crippen LogP contribution in [0.3, 0.4) is 0 Å². The predicted octanol–water partition coefficient (Wildman–Crippen LogP) is 6.42. The van der Waals surface area contributed by atoms with Crippen molar-refractivity contribution < 1.29 is 47.6 Å². The summed E-state index contributed by atoms with van der Waals surface area (Å²) in [6, 6.07) is 16.8. The van der Waals surface area contributed by atoms with Crippen molar-refractivity contribution in [2.24, 2.45) is 5.16 Å². The van der Waals surface area contributed by atoms with Gasteiger partial charge in [0.05, 0.1) is 0 Å². The van der Waals surface area contributed by atoms with Crippen LogP contribution < -0.4 is 10.6 Å². The van der Waals surface area contributed by atoms with E-state index in [1.807, 2.05) is 83.3 Å². The Hall–Kier alpha value is -4.24. The Labute approximate surface area is 361 Å². The van der Waals surface area contributed by atoms with Gasteiger partial charge in [0.1, 0.15) is 32.7 Å². The van der Waals surface area contributed by atoms with Crippen LogP contribution in [-0.4, -0.2) is 88.4 Å². The fraction of sp³-hybridized carbons (Fsp3) is 0.410. The zero-order chi connectivity index (χ0) is 42.7. The lowest BCUT2D eigenvalue weighted by Crippen LogP contribution is -2.75. The molecule has 5 rings (SSSR count). The average molecular weight is 968 g/mol. The number of halogens is 2. The van der Waals surface area contributed by atoms with Crippen molar-refractivity contribution in [2.75, 3.05) is 15.5 Å². The fourth-order valence-corrected chi connectivity index (χ4v) is 9.30. The Balaban J connectivity index is 1.44. The first-order chi connectivity index (χ1) is 27.1. The number of esters is 2. The minimum Gasteiger partial charge on any atom is -0.614 e. The number of carbonyl (C=O) groups excluding carboxylic acids is 5. The van der Waals surface area contributed by atoms with Gasteiger partial charge in [-0.15, -0.1) is 0 Å². The van der Waals surface area contributed by atoms with E-state index < -0.39 is 81.1 Å². The molecule has 0 spiro atoms. The molecular weight excluding hydrogens is 925 g/mol. The highest BCUT2D eigenvalue weighted by Gasteiger charge is 2.61. The molecule has 2 aromatic carbocycles. The summed E-state index contributed by atoms with van der Waals surface area (Å²) < 4.78 is 30.7. The third-order valence-electron chi connectivity index (χ3n) is 8.16. The van der Waals surface area contributed by atoms with Crippen LogP contribution in [0.15, 0.2) is 77.1 Å². The molecule has 3 aromatic rings. The van der Waals surface area contributed by atoms with E-state index >= 15 is 0 Å². The molecule has 15 nitrogen and oxygen atoms in total. The van der Waals surface area contributed by atoms with E-state index in [1.165, 1.54) is 13.8 Å². The minimum absolute atomic E-state index is 0.0527. The standard InChI is InChI=1S/C39H43ClIN5O10S2/c1-37(2,3)54-34(50)39(7,8)56-45-25(24-29(40)57-35(43-24)44-36(51)55-38(4,5)6)30(47)42-26-31(48)46-27(23(19-41)20-58(52)32(26)46)33(49)53-28(21-15-11-9-12-16-21)22-17-13-10-14-18-22/h9-18,26,28,32H,19-20H2,1-8H3,(H,42,47)(H,43,44,51)/b45-25-/t26-,32-,58?/m1/s1. The number of carbonyl (C=O) groups is 5. The average Bonchev–Trinajstić information content (AvgIpc) is 3.49. The number of aromatic nitrogens is 1. The Bertz CT molecular complexity index is 2080. The summed E-state index contributed by atoms with van der Waals surface area (Å²) in [7, 11) is 0. The van der Waals surface area contributed by atoms with Crippen LogP contribution in [0.5, 0.6) is 0 Å². The Morgan fingerprint density at radius 3 is 2.09 bits per heavy atom. The number of β-lactam (4-membered cyclic amide) rings is 1. The molecule has 1 aromatic heterocycles. The number of rotatable bonds is 12. The number of ether oxygens (including phenoxy) is 3. The molecule has 2 aliphatic rings. The molecule has 1 unspecified atom stereocenters. The first-order valence-electron chi connectivity index (χ1n) is 17.9. The molecule has 0 aliphatic carbocycles. The van der Waals surface area contributed by atoms with Gasteiger partial charge in [-0.1, -0.05) is 111 Å². The molecule has 58 heavy (non-hydrogen) atoms. The van der Waals surface area contributed by atoms with Gasteiger partial charge >= 0.3 is 18.0 Å². The lowest BCUT2D eigenvalue weighted by atomic mass is 10.0. The summed E-state index contributed by atoms with van der Waals surface area (Å²) in [6.45, 7) is 12.8. The number of oxime groups is 1. The second-order valence-corrected chi connectivity index (χ2v) is 19.5. The van der Waals surface area contributed by atoms with Gasteiger partial charge in [0.25, 0.3) is 11.8 Å². The molecule has 0 radical (unpaired) electrons. The summed E-state index contributed by atoms with van der Waals surface area (Å²) >= 11 is 7.58. The van der Waals surface area contributed by atoms with Crippen molar-refractivity contribution in [1.82, 2.24) is 15.2 Å². The number of hydrogen-bond donors (Lipinski definition) is 2. The largest absolute Gasteiger partial charge is 0.614 e. The predicted molar refractivity (Wildman–Crippen MR) is 227 cm³/mol. The van der Waals surface area contributed by atoms with Crippen LogP contribution >= 0.6 is 45.5 Å². The van der Waals surface area contributed by atoms with Crippen molar-refractivity contribution in [3.8, 4) is 0 Å². The molecule has 3 heterocycles. The third-order valence-corrected chi connectivity index (χ3v) is 11.9. The quantitative estimate of drug-likeness (QED) is 0.0297. The zero-order valence-electron chi connectivity index (χ0n) is 32.9. The van der Waals surface area contributed by atoms with Crippen LogP contribution in [0.4, 0.5) is 9.93 Å². The summed E-state index contributed by atoms with van der Waals surface area (Å²) in [6.07, 6.45) is -1.67. The first kappa shape index (κ1) is 44.9. The second-order valence-electron chi connectivity index (χ2n) is 15.6. The van der Waals surface area contributed by atoms with Crippen molar-refractivity contribution in [2.45, 2.75) is 89.7 Å². The molecule has 2 aliphatic heterocycles. The Kier molecular flexibility index (Phi) is 13.9. The maximum Gasteiger partial charge on any atom is 0.413 e.